The second-order valence-corrected chi connectivity index (χ2v) is 8.86. The van der Waals surface area contributed by atoms with Crippen molar-refractivity contribution >= 4 is 5.70 Å². The highest BCUT2D eigenvalue weighted by molar-refractivity contribution is 5.72. The van der Waals surface area contributed by atoms with Crippen molar-refractivity contribution in [1.82, 2.24) is 19.7 Å². The molecule has 1 aliphatic heterocycles. The third-order valence-electron chi connectivity index (χ3n) is 5.96. The van der Waals surface area contributed by atoms with Crippen LogP contribution in [0.15, 0.2) is 55.5 Å². The van der Waals surface area contributed by atoms with Crippen LogP contribution in [0.4, 0.5) is 4.39 Å². The smallest absolute Gasteiger partial charge is 0.223 e. The summed E-state index contributed by atoms with van der Waals surface area (Å²) in [7, 11) is 1.92. The maximum atomic E-state index is 14.7. The van der Waals surface area contributed by atoms with Gasteiger partial charge in [0, 0.05) is 43.8 Å². The number of rotatable bonds is 9. The molecule has 1 atom stereocenters. The third kappa shape index (κ3) is 4.85. The van der Waals surface area contributed by atoms with Gasteiger partial charge in [-0.3, -0.25) is 4.68 Å². The summed E-state index contributed by atoms with van der Waals surface area (Å²) in [5.74, 6) is 0.474. The fourth-order valence-electron chi connectivity index (χ4n) is 4.07. The summed E-state index contributed by atoms with van der Waals surface area (Å²) in [5, 5.41) is 4.24. The standard InChI is InChI=1S/C26H31FN4O/c1-5-6-12-26(3,27)18-32-25-24-19(2)31(17-22(24)11-13-28-25)15-20-7-9-21(10-8-20)23-14-29-30(4)16-23/h7-11,13-14,16H,2,5-6,12,15,17-18H2,1,3-4H3. The van der Waals surface area contributed by atoms with Crippen LogP contribution in [-0.4, -0.2) is 31.9 Å². The van der Waals surface area contributed by atoms with Gasteiger partial charge in [0.15, 0.2) is 0 Å². The lowest BCUT2D eigenvalue weighted by molar-refractivity contribution is 0.0882. The van der Waals surface area contributed by atoms with E-state index < -0.39 is 5.67 Å². The van der Waals surface area contributed by atoms with Crippen LogP contribution in [0.25, 0.3) is 16.8 Å². The van der Waals surface area contributed by atoms with Crippen molar-refractivity contribution in [2.24, 2.45) is 7.05 Å². The van der Waals surface area contributed by atoms with Crippen molar-refractivity contribution in [3.8, 4) is 17.0 Å². The van der Waals surface area contributed by atoms with Crippen molar-refractivity contribution < 1.29 is 9.13 Å². The molecular weight excluding hydrogens is 403 g/mol. The monoisotopic (exact) mass is 434 g/mol. The second-order valence-electron chi connectivity index (χ2n) is 8.86. The Balaban J connectivity index is 1.44. The van der Waals surface area contributed by atoms with E-state index >= 15 is 0 Å². The molecule has 4 rings (SSSR count). The SMILES string of the molecule is C=C1c2c(ccnc2OCC(C)(F)CCCC)CN1Cc1ccc(-c2cnn(C)c2)cc1. The van der Waals surface area contributed by atoms with E-state index in [1.165, 1.54) is 5.56 Å². The molecule has 1 aromatic carbocycles. The number of benzene rings is 1. The highest BCUT2D eigenvalue weighted by Gasteiger charge is 2.29. The van der Waals surface area contributed by atoms with E-state index in [0.717, 1.165) is 53.9 Å². The van der Waals surface area contributed by atoms with Crippen LogP contribution in [-0.2, 0) is 20.1 Å². The lowest BCUT2D eigenvalue weighted by Gasteiger charge is -2.22. The molecule has 6 heteroatoms. The molecular formula is C26H31FN4O. The largest absolute Gasteiger partial charge is 0.474 e. The highest BCUT2D eigenvalue weighted by atomic mass is 19.1. The number of aromatic nitrogens is 3. The van der Waals surface area contributed by atoms with Gasteiger partial charge in [-0.15, -0.1) is 0 Å². The number of halogens is 1. The molecule has 0 aliphatic carbocycles. The topological polar surface area (TPSA) is 43.2 Å². The van der Waals surface area contributed by atoms with Gasteiger partial charge < -0.3 is 9.64 Å². The summed E-state index contributed by atoms with van der Waals surface area (Å²) < 4.78 is 22.4. The fraction of sp³-hybridized carbons (Fsp3) is 0.385. The Labute approximate surface area is 189 Å². The summed E-state index contributed by atoms with van der Waals surface area (Å²) in [4.78, 5) is 6.60. The summed E-state index contributed by atoms with van der Waals surface area (Å²) in [6.07, 6.45) is 7.90. The number of hydrogen-bond donors (Lipinski definition) is 0. The van der Waals surface area contributed by atoms with Gasteiger partial charge in [0.1, 0.15) is 12.3 Å². The average Bonchev–Trinajstić information content (AvgIpc) is 3.35. The third-order valence-corrected chi connectivity index (χ3v) is 5.96. The molecule has 32 heavy (non-hydrogen) atoms. The first-order valence-electron chi connectivity index (χ1n) is 11.2. The zero-order valence-electron chi connectivity index (χ0n) is 19.1. The maximum absolute atomic E-state index is 14.7. The molecule has 1 aliphatic rings. The van der Waals surface area contributed by atoms with E-state index in [9.17, 15) is 4.39 Å². The molecule has 0 radical (unpaired) electrons. The number of aryl methyl sites for hydroxylation is 1. The van der Waals surface area contributed by atoms with Crippen molar-refractivity contribution in [2.45, 2.75) is 51.9 Å². The lowest BCUT2D eigenvalue weighted by atomic mass is 10.0. The molecule has 0 saturated carbocycles. The number of pyridine rings is 1. The Hall–Kier alpha value is -3.15. The second kappa shape index (κ2) is 9.15. The van der Waals surface area contributed by atoms with Gasteiger partial charge in [-0.1, -0.05) is 50.6 Å². The minimum atomic E-state index is -1.37. The highest BCUT2D eigenvalue weighted by Crippen LogP contribution is 2.38. The van der Waals surface area contributed by atoms with Crippen LogP contribution in [0.1, 0.15) is 49.8 Å². The van der Waals surface area contributed by atoms with E-state index in [-0.39, 0.29) is 6.61 Å². The van der Waals surface area contributed by atoms with Crippen molar-refractivity contribution in [3.05, 3.63) is 72.2 Å². The first-order valence-corrected chi connectivity index (χ1v) is 11.2. The lowest BCUT2D eigenvalue weighted by Crippen LogP contribution is -2.27. The van der Waals surface area contributed by atoms with Crippen LogP contribution in [0, 0.1) is 0 Å². The predicted molar refractivity (Wildman–Crippen MR) is 126 cm³/mol. The van der Waals surface area contributed by atoms with E-state index in [1.54, 1.807) is 17.8 Å². The average molecular weight is 435 g/mol. The Bertz CT molecular complexity index is 1090. The van der Waals surface area contributed by atoms with Gasteiger partial charge in [-0.2, -0.15) is 5.10 Å². The van der Waals surface area contributed by atoms with Crippen LogP contribution < -0.4 is 4.74 Å². The van der Waals surface area contributed by atoms with E-state index in [2.05, 4.69) is 52.8 Å². The summed E-state index contributed by atoms with van der Waals surface area (Å²) in [6.45, 7) is 9.43. The maximum Gasteiger partial charge on any atom is 0.223 e. The van der Waals surface area contributed by atoms with Crippen molar-refractivity contribution in [2.75, 3.05) is 6.61 Å². The molecule has 1 unspecified atom stereocenters. The number of unbranched alkanes of at least 4 members (excludes halogenated alkanes) is 1. The van der Waals surface area contributed by atoms with Gasteiger partial charge in [0.05, 0.1) is 11.8 Å². The van der Waals surface area contributed by atoms with Gasteiger partial charge in [0.2, 0.25) is 5.88 Å². The quantitative estimate of drug-likeness (QED) is 0.429. The van der Waals surface area contributed by atoms with Gasteiger partial charge in [-0.05, 0) is 36.1 Å². The number of alkyl halides is 1. The van der Waals surface area contributed by atoms with Crippen LogP contribution in [0.3, 0.4) is 0 Å². The van der Waals surface area contributed by atoms with Gasteiger partial charge in [-0.25, -0.2) is 9.37 Å². The number of ether oxygens (including phenoxy) is 1. The van der Waals surface area contributed by atoms with E-state index in [0.29, 0.717) is 12.3 Å². The molecule has 0 fully saturated rings. The number of hydrogen-bond acceptors (Lipinski definition) is 4. The van der Waals surface area contributed by atoms with Crippen LogP contribution in [0.5, 0.6) is 5.88 Å². The summed E-state index contributed by atoms with van der Waals surface area (Å²) in [5.41, 5.74) is 4.94. The molecule has 0 amide bonds. The van der Waals surface area contributed by atoms with E-state index in [4.69, 9.17) is 4.74 Å². The van der Waals surface area contributed by atoms with Crippen LogP contribution >= 0.6 is 0 Å². The van der Waals surface area contributed by atoms with Crippen molar-refractivity contribution in [1.29, 1.82) is 0 Å². The molecule has 2 aromatic heterocycles. The van der Waals surface area contributed by atoms with Gasteiger partial charge in [0.25, 0.3) is 0 Å². The zero-order valence-corrected chi connectivity index (χ0v) is 19.1. The zero-order chi connectivity index (χ0) is 22.7. The van der Waals surface area contributed by atoms with E-state index in [1.807, 2.05) is 25.5 Å². The molecule has 3 heterocycles. The summed E-state index contributed by atoms with van der Waals surface area (Å²) in [6, 6.07) is 10.5. The minimum absolute atomic E-state index is 0.000458. The number of fused-ring (bicyclic) bond motifs is 1. The molecule has 168 valence electrons. The molecule has 0 spiro atoms. The van der Waals surface area contributed by atoms with Crippen molar-refractivity contribution in [3.63, 3.8) is 0 Å². The summed E-state index contributed by atoms with van der Waals surface area (Å²) >= 11 is 0. The molecule has 0 N–H and O–H groups in total. The first-order chi connectivity index (χ1) is 15.4. The Morgan fingerprint density at radius 1 is 1.19 bits per heavy atom. The fourth-order valence-corrected chi connectivity index (χ4v) is 4.07. The normalized spacial score (nSPS) is 15.0. The van der Waals surface area contributed by atoms with Gasteiger partial charge >= 0.3 is 0 Å². The molecule has 3 aromatic rings. The Kier molecular flexibility index (Phi) is 6.31. The first kappa shape index (κ1) is 22.1. The minimum Gasteiger partial charge on any atom is -0.474 e. The predicted octanol–water partition coefficient (Wildman–Crippen LogP) is 5.77. The molecule has 0 bridgehead atoms. The Morgan fingerprint density at radius 3 is 2.66 bits per heavy atom. The van der Waals surface area contributed by atoms with Crippen LogP contribution in [0.2, 0.25) is 0 Å². The molecule has 5 nitrogen and oxygen atoms in total. The molecule has 0 saturated heterocycles. The Morgan fingerprint density at radius 2 is 1.97 bits per heavy atom. The number of nitrogens with zero attached hydrogens (tertiary/aromatic N) is 4.